The molecular weight excluding hydrogens is 476 g/mol. The molecule has 2 amide bonds. The maximum Gasteiger partial charge on any atom is 0.408 e. The third-order valence-corrected chi connectivity index (χ3v) is 8.21. The Kier molecular flexibility index (Phi) is 8.62. The summed E-state index contributed by atoms with van der Waals surface area (Å²) in [6, 6.07) is 5.83. The third kappa shape index (κ3) is 6.83. The highest BCUT2D eigenvalue weighted by molar-refractivity contribution is 7.99. The summed E-state index contributed by atoms with van der Waals surface area (Å²) >= 11 is 1.75. The fourth-order valence-electron chi connectivity index (χ4n) is 5.36. The summed E-state index contributed by atoms with van der Waals surface area (Å²) in [5.41, 5.74) is -0.0237. The number of ether oxygens (including phenoxy) is 1. The number of carbonyl (C=O) groups is 2. The first-order chi connectivity index (χ1) is 17.2. The molecule has 0 spiro atoms. The molecule has 3 heterocycles. The van der Waals surface area contributed by atoms with Gasteiger partial charge in [-0.3, -0.25) is 9.69 Å². The number of pyridine rings is 1. The van der Waals surface area contributed by atoms with E-state index in [4.69, 9.17) is 10.00 Å². The predicted molar refractivity (Wildman–Crippen MR) is 141 cm³/mol. The minimum Gasteiger partial charge on any atom is -0.444 e. The van der Waals surface area contributed by atoms with Gasteiger partial charge in [-0.05, 0) is 64.5 Å². The van der Waals surface area contributed by atoms with Crippen molar-refractivity contribution in [1.82, 2.24) is 20.1 Å². The average Bonchev–Trinajstić information content (AvgIpc) is 3.41. The number of piperazine rings is 1. The van der Waals surface area contributed by atoms with Crippen LogP contribution in [0, 0.1) is 17.2 Å². The second kappa shape index (κ2) is 11.7. The van der Waals surface area contributed by atoms with Gasteiger partial charge in [0.15, 0.2) is 0 Å². The molecule has 1 saturated carbocycles. The number of thioether (sulfide) groups is 1. The number of hydrogen-bond donors (Lipinski definition) is 1. The summed E-state index contributed by atoms with van der Waals surface area (Å²) < 4.78 is 5.49. The second-order valence-corrected chi connectivity index (χ2v) is 11.9. The lowest BCUT2D eigenvalue weighted by atomic mass is 9.80. The van der Waals surface area contributed by atoms with Crippen LogP contribution in [0.3, 0.4) is 0 Å². The van der Waals surface area contributed by atoms with Gasteiger partial charge in [0.1, 0.15) is 23.5 Å². The van der Waals surface area contributed by atoms with Crippen molar-refractivity contribution in [3.05, 3.63) is 23.9 Å². The van der Waals surface area contributed by atoms with Gasteiger partial charge >= 0.3 is 6.09 Å². The van der Waals surface area contributed by atoms with E-state index < -0.39 is 17.7 Å². The number of alkyl carbamates (subject to hydrolysis) is 1. The standard InChI is InChI=1S/C26H38N6O3S/c1-26(2,3)35-25(34)29-23(24(33)32-14-15-36-18-32)20-5-7-21(8-6-20)30-10-12-31(13-11-30)22-9-4-19(16-27)17-28-22/h4,9,17,20-21,23H,5-8,10-15,18H2,1-3H3,(H,29,34)/t20?,21?,23-/m0/s1. The van der Waals surface area contributed by atoms with E-state index in [0.29, 0.717) is 17.5 Å². The third-order valence-electron chi connectivity index (χ3n) is 7.25. The number of amides is 2. The summed E-state index contributed by atoms with van der Waals surface area (Å²) in [5.74, 6) is 2.71. The zero-order valence-electron chi connectivity index (χ0n) is 21.6. The molecule has 3 aliphatic rings. The Bertz CT molecular complexity index is 938. The summed E-state index contributed by atoms with van der Waals surface area (Å²) in [7, 11) is 0. The van der Waals surface area contributed by atoms with Gasteiger partial charge in [0.05, 0.1) is 11.4 Å². The maximum absolute atomic E-state index is 13.3. The van der Waals surface area contributed by atoms with Crippen molar-refractivity contribution in [1.29, 1.82) is 5.26 Å². The van der Waals surface area contributed by atoms with Crippen molar-refractivity contribution in [3.8, 4) is 6.07 Å². The quantitative estimate of drug-likeness (QED) is 0.640. The molecule has 2 saturated heterocycles. The van der Waals surface area contributed by atoms with Gasteiger partial charge in [-0.15, -0.1) is 11.8 Å². The lowest BCUT2D eigenvalue weighted by molar-refractivity contribution is -0.133. The Labute approximate surface area is 218 Å². The summed E-state index contributed by atoms with van der Waals surface area (Å²) in [6.07, 6.45) is 4.99. The number of nitriles is 1. The van der Waals surface area contributed by atoms with E-state index in [9.17, 15) is 9.59 Å². The van der Waals surface area contributed by atoms with Gasteiger partial charge in [-0.2, -0.15) is 5.26 Å². The van der Waals surface area contributed by atoms with E-state index >= 15 is 0 Å². The van der Waals surface area contributed by atoms with Gasteiger partial charge in [-0.1, -0.05) is 0 Å². The van der Waals surface area contributed by atoms with Gasteiger partial charge in [-0.25, -0.2) is 9.78 Å². The Morgan fingerprint density at radius 1 is 1.14 bits per heavy atom. The van der Waals surface area contributed by atoms with Crippen LogP contribution in [0.25, 0.3) is 0 Å². The number of anilines is 1. The molecule has 196 valence electrons. The van der Waals surface area contributed by atoms with E-state index in [-0.39, 0.29) is 11.8 Å². The highest BCUT2D eigenvalue weighted by Gasteiger charge is 2.38. The van der Waals surface area contributed by atoms with E-state index in [1.165, 1.54) is 0 Å². The minimum absolute atomic E-state index is 0.0258. The fourth-order valence-corrected chi connectivity index (χ4v) is 6.31. The number of hydrogen-bond acceptors (Lipinski definition) is 8. The Balaban J connectivity index is 1.31. The summed E-state index contributed by atoms with van der Waals surface area (Å²) in [5, 5.41) is 11.9. The highest BCUT2D eigenvalue weighted by atomic mass is 32.2. The van der Waals surface area contributed by atoms with Crippen molar-refractivity contribution in [2.24, 2.45) is 5.92 Å². The lowest BCUT2D eigenvalue weighted by Gasteiger charge is -2.43. The molecule has 3 fully saturated rings. The molecule has 9 nitrogen and oxygen atoms in total. The summed E-state index contributed by atoms with van der Waals surface area (Å²) in [4.78, 5) is 37.1. The molecule has 1 atom stereocenters. The maximum atomic E-state index is 13.3. The highest BCUT2D eigenvalue weighted by Crippen LogP contribution is 2.32. The number of carbonyl (C=O) groups excluding carboxylic acids is 2. The lowest BCUT2D eigenvalue weighted by Crippen LogP contribution is -2.55. The Morgan fingerprint density at radius 3 is 2.42 bits per heavy atom. The smallest absolute Gasteiger partial charge is 0.408 e. The molecule has 1 N–H and O–H groups in total. The van der Waals surface area contributed by atoms with Crippen LogP contribution in [0.5, 0.6) is 0 Å². The molecule has 0 bridgehead atoms. The van der Waals surface area contributed by atoms with Crippen LogP contribution in [-0.2, 0) is 9.53 Å². The van der Waals surface area contributed by atoms with Crippen molar-refractivity contribution in [2.75, 3.05) is 49.3 Å². The molecule has 0 unspecified atom stereocenters. The zero-order valence-corrected chi connectivity index (χ0v) is 22.4. The topological polar surface area (TPSA) is 102 Å². The first kappa shape index (κ1) is 26.6. The molecule has 0 radical (unpaired) electrons. The van der Waals surface area contributed by atoms with Crippen molar-refractivity contribution >= 4 is 29.6 Å². The van der Waals surface area contributed by atoms with Gasteiger partial charge in [0, 0.05) is 50.7 Å². The van der Waals surface area contributed by atoms with Gasteiger partial charge in [0.2, 0.25) is 5.91 Å². The van der Waals surface area contributed by atoms with Crippen LogP contribution >= 0.6 is 11.8 Å². The molecular formula is C26H38N6O3S. The van der Waals surface area contributed by atoms with Crippen LogP contribution in [0.1, 0.15) is 52.0 Å². The van der Waals surface area contributed by atoms with E-state index in [0.717, 1.165) is 70.0 Å². The average molecular weight is 515 g/mol. The molecule has 36 heavy (non-hydrogen) atoms. The normalized spacial score (nSPS) is 24.2. The van der Waals surface area contributed by atoms with Crippen LogP contribution in [-0.4, -0.2) is 88.8 Å². The van der Waals surface area contributed by atoms with Crippen molar-refractivity contribution < 1.29 is 14.3 Å². The van der Waals surface area contributed by atoms with Crippen LogP contribution in [0.15, 0.2) is 18.3 Å². The molecule has 10 heteroatoms. The van der Waals surface area contributed by atoms with E-state index in [2.05, 4.69) is 26.2 Å². The van der Waals surface area contributed by atoms with Gasteiger partial charge < -0.3 is 19.9 Å². The Hall–Kier alpha value is -2.51. The van der Waals surface area contributed by atoms with Crippen molar-refractivity contribution in [3.63, 3.8) is 0 Å². The van der Waals surface area contributed by atoms with Crippen LogP contribution < -0.4 is 10.2 Å². The predicted octanol–water partition coefficient (Wildman–Crippen LogP) is 3.06. The van der Waals surface area contributed by atoms with Crippen LogP contribution in [0.4, 0.5) is 10.6 Å². The largest absolute Gasteiger partial charge is 0.444 e. The van der Waals surface area contributed by atoms with Gasteiger partial charge in [0.25, 0.3) is 0 Å². The van der Waals surface area contributed by atoms with Crippen molar-refractivity contribution in [2.45, 2.75) is 64.1 Å². The molecule has 2 aliphatic heterocycles. The Morgan fingerprint density at radius 2 is 1.86 bits per heavy atom. The molecule has 0 aromatic carbocycles. The second-order valence-electron chi connectivity index (χ2n) is 10.9. The van der Waals surface area contributed by atoms with E-state index in [1.807, 2.05) is 37.8 Å². The van der Waals surface area contributed by atoms with Crippen LogP contribution in [0.2, 0.25) is 0 Å². The molecule has 1 aliphatic carbocycles. The number of nitrogens with zero attached hydrogens (tertiary/aromatic N) is 5. The van der Waals surface area contributed by atoms with E-state index in [1.54, 1.807) is 18.0 Å². The minimum atomic E-state index is -0.603. The summed E-state index contributed by atoms with van der Waals surface area (Å²) in [6.45, 7) is 10.0. The first-order valence-corrected chi connectivity index (χ1v) is 14.1. The SMILES string of the molecule is CC(C)(C)OC(=O)N[C@H](C(=O)N1CCSC1)C1CCC(N2CCN(c3ccc(C#N)cn3)CC2)CC1. The number of rotatable bonds is 5. The molecule has 1 aromatic heterocycles. The molecule has 4 rings (SSSR count). The monoisotopic (exact) mass is 514 g/mol. The zero-order chi connectivity index (χ0) is 25.7. The number of nitrogens with one attached hydrogen (secondary N) is 1. The fraction of sp³-hybridized carbons (Fsp3) is 0.692. The molecule has 1 aromatic rings. The number of aromatic nitrogens is 1. The first-order valence-electron chi connectivity index (χ1n) is 12.9.